The fraction of sp³-hybridized carbons (Fsp3) is 1.00. The van der Waals surface area contributed by atoms with Gasteiger partial charge in [0.15, 0.2) is 0 Å². The van der Waals surface area contributed by atoms with Gasteiger partial charge in [0.2, 0.25) is 0 Å². The Bertz CT molecular complexity index is 267. The standard InChI is InChI=1S/C18H33P.C4H11P/c1-4-10-16(11-5-1)19(17-12-6-2-7-13-17)18-14-8-3-9-15-18;1-4(2,3)5/h16-18H,1-15H2;5H2,1-3H3. The fourth-order valence-corrected chi connectivity index (χ4v) is 9.71. The van der Waals surface area contributed by atoms with Crippen molar-refractivity contribution in [3.63, 3.8) is 0 Å². The van der Waals surface area contributed by atoms with E-state index in [1.807, 2.05) is 0 Å². The molecule has 0 heterocycles. The van der Waals surface area contributed by atoms with Crippen LogP contribution < -0.4 is 0 Å². The van der Waals surface area contributed by atoms with E-state index in [0.29, 0.717) is 13.1 Å². The average molecular weight is 371 g/mol. The lowest BCUT2D eigenvalue weighted by atomic mass is 9.99. The topological polar surface area (TPSA) is 0 Å². The van der Waals surface area contributed by atoms with E-state index >= 15 is 0 Å². The van der Waals surface area contributed by atoms with Crippen LogP contribution in [0.4, 0.5) is 0 Å². The Hall–Kier alpha value is 0.860. The minimum Gasteiger partial charge on any atom is -0.132 e. The van der Waals surface area contributed by atoms with Crippen molar-refractivity contribution < 1.29 is 0 Å². The first-order chi connectivity index (χ1) is 11.4. The molecule has 1 unspecified atom stereocenters. The summed E-state index contributed by atoms with van der Waals surface area (Å²) in [5, 5.41) is 0.417. The van der Waals surface area contributed by atoms with Gasteiger partial charge in [-0.1, -0.05) is 86.5 Å². The molecule has 2 heteroatoms. The van der Waals surface area contributed by atoms with Crippen LogP contribution in [0.5, 0.6) is 0 Å². The molecule has 3 rings (SSSR count). The van der Waals surface area contributed by atoms with Crippen LogP contribution in [-0.2, 0) is 0 Å². The van der Waals surface area contributed by atoms with Crippen LogP contribution in [0.2, 0.25) is 0 Å². The molecule has 3 fully saturated rings. The second kappa shape index (κ2) is 10.9. The number of hydrogen-bond acceptors (Lipinski definition) is 0. The molecule has 24 heavy (non-hydrogen) atoms. The van der Waals surface area contributed by atoms with Crippen molar-refractivity contribution in [2.75, 3.05) is 0 Å². The van der Waals surface area contributed by atoms with Gasteiger partial charge in [-0.15, -0.1) is 9.24 Å². The van der Waals surface area contributed by atoms with E-state index in [1.54, 1.807) is 77.0 Å². The van der Waals surface area contributed by atoms with Gasteiger partial charge >= 0.3 is 0 Å². The molecule has 0 nitrogen and oxygen atoms in total. The van der Waals surface area contributed by atoms with E-state index in [4.69, 9.17) is 0 Å². The van der Waals surface area contributed by atoms with E-state index in [2.05, 4.69) is 30.0 Å². The Morgan fingerprint density at radius 2 is 0.750 bits per heavy atom. The molecule has 0 spiro atoms. The summed E-state index contributed by atoms with van der Waals surface area (Å²) in [7, 11) is 3.10. The fourth-order valence-electron chi connectivity index (χ4n) is 5.03. The Labute approximate surface area is 156 Å². The maximum Gasteiger partial charge on any atom is -0.0204 e. The predicted octanol–water partition coefficient (Wildman–Crippen LogP) is 8.13. The van der Waals surface area contributed by atoms with Crippen molar-refractivity contribution in [2.24, 2.45) is 0 Å². The number of rotatable bonds is 3. The minimum absolute atomic E-state index is 0.385. The highest BCUT2D eigenvalue weighted by atomic mass is 31.1. The summed E-state index contributed by atoms with van der Waals surface area (Å²) in [6, 6.07) is 0. The van der Waals surface area contributed by atoms with Crippen molar-refractivity contribution in [3.8, 4) is 0 Å². The zero-order valence-electron chi connectivity index (χ0n) is 16.9. The van der Waals surface area contributed by atoms with E-state index in [9.17, 15) is 0 Å². The van der Waals surface area contributed by atoms with Crippen molar-refractivity contribution in [2.45, 2.75) is 139 Å². The Morgan fingerprint density at radius 3 is 0.958 bits per heavy atom. The van der Waals surface area contributed by atoms with E-state index in [-0.39, 0.29) is 0 Å². The zero-order valence-corrected chi connectivity index (χ0v) is 18.9. The summed E-state index contributed by atoms with van der Waals surface area (Å²) in [4.78, 5) is 0. The van der Waals surface area contributed by atoms with Crippen molar-refractivity contribution in [3.05, 3.63) is 0 Å². The molecule has 1 atom stereocenters. The first kappa shape index (κ1) is 21.2. The molecule has 0 aromatic rings. The van der Waals surface area contributed by atoms with Crippen LogP contribution in [0.15, 0.2) is 0 Å². The molecule has 0 radical (unpaired) electrons. The van der Waals surface area contributed by atoms with Crippen LogP contribution >= 0.6 is 17.2 Å². The van der Waals surface area contributed by atoms with E-state index in [1.165, 1.54) is 36.2 Å². The molecule has 3 aliphatic carbocycles. The molecular formula is C22H44P2. The highest BCUT2D eigenvalue weighted by Gasteiger charge is 2.36. The Balaban J connectivity index is 0.000000368. The summed E-state index contributed by atoms with van der Waals surface area (Å²) in [6.07, 6.45) is 23.6. The lowest BCUT2D eigenvalue weighted by Gasteiger charge is -2.44. The first-order valence-corrected chi connectivity index (χ1v) is 13.1. The normalized spacial score (nSPS) is 25.4. The third kappa shape index (κ3) is 8.04. The van der Waals surface area contributed by atoms with Gasteiger partial charge in [0.25, 0.3) is 0 Å². The van der Waals surface area contributed by atoms with Gasteiger partial charge in [-0.2, -0.15) is 0 Å². The largest absolute Gasteiger partial charge is 0.132 e. The second-order valence-corrected chi connectivity index (χ2v) is 14.5. The monoisotopic (exact) mass is 370 g/mol. The predicted molar refractivity (Wildman–Crippen MR) is 117 cm³/mol. The third-order valence-electron chi connectivity index (χ3n) is 5.99. The van der Waals surface area contributed by atoms with Gasteiger partial charge in [-0.3, -0.25) is 0 Å². The summed E-state index contributed by atoms with van der Waals surface area (Å²) < 4.78 is 0. The Kier molecular flexibility index (Phi) is 9.59. The smallest absolute Gasteiger partial charge is 0.0204 e. The third-order valence-corrected chi connectivity index (χ3v) is 10.1. The van der Waals surface area contributed by atoms with Crippen LogP contribution in [0.1, 0.15) is 117 Å². The summed E-state index contributed by atoms with van der Waals surface area (Å²) in [5.41, 5.74) is 3.57. The molecule has 0 aliphatic heterocycles. The lowest BCUT2D eigenvalue weighted by Crippen LogP contribution is -2.28. The molecule has 0 aromatic heterocycles. The molecule has 0 bridgehead atoms. The van der Waals surface area contributed by atoms with Gasteiger partial charge in [0.05, 0.1) is 0 Å². The van der Waals surface area contributed by atoms with Crippen LogP contribution in [0.25, 0.3) is 0 Å². The van der Waals surface area contributed by atoms with Gasteiger partial charge in [-0.05, 0) is 60.7 Å². The maximum absolute atomic E-state index is 2.72. The maximum atomic E-state index is 2.72. The summed E-state index contributed by atoms with van der Waals surface area (Å²) in [5.74, 6) is 0. The molecule has 0 N–H and O–H groups in total. The van der Waals surface area contributed by atoms with Gasteiger partial charge in [0, 0.05) is 0 Å². The molecule has 0 saturated heterocycles. The van der Waals surface area contributed by atoms with Crippen molar-refractivity contribution >= 4 is 17.2 Å². The SMILES string of the molecule is C1CCC(P(C2CCCCC2)C2CCCCC2)CC1.CC(C)(C)P. The van der Waals surface area contributed by atoms with Crippen LogP contribution in [0, 0.1) is 0 Å². The van der Waals surface area contributed by atoms with Gasteiger partial charge in [-0.25, -0.2) is 0 Å². The minimum atomic E-state index is 0.385. The van der Waals surface area contributed by atoms with Gasteiger partial charge in [0.1, 0.15) is 0 Å². The summed E-state index contributed by atoms with van der Waals surface area (Å²) >= 11 is 0. The molecule has 3 aliphatic rings. The molecule has 142 valence electrons. The molecule has 0 amide bonds. The van der Waals surface area contributed by atoms with Crippen molar-refractivity contribution in [1.29, 1.82) is 0 Å². The number of hydrogen-bond donors (Lipinski definition) is 0. The Morgan fingerprint density at radius 1 is 0.542 bits per heavy atom. The van der Waals surface area contributed by atoms with Gasteiger partial charge < -0.3 is 0 Å². The molecule has 0 aromatic carbocycles. The lowest BCUT2D eigenvalue weighted by molar-refractivity contribution is 0.460. The highest BCUT2D eigenvalue weighted by Crippen LogP contribution is 2.61. The van der Waals surface area contributed by atoms with Crippen LogP contribution in [-0.4, -0.2) is 22.1 Å². The quantitative estimate of drug-likeness (QED) is 0.440. The summed E-state index contributed by atoms with van der Waals surface area (Å²) in [6.45, 7) is 6.45. The zero-order chi connectivity index (χ0) is 17.4. The van der Waals surface area contributed by atoms with Crippen molar-refractivity contribution in [1.82, 2.24) is 0 Å². The van der Waals surface area contributed by atoms with E-state index in [0.717, 1.165) is 0 Å². The second-order valence-electron chi connectivity index (χ2n) is 9.69. The molecular weight excluding hydrogens is 326 g/mol. The highest BCUT2D eigenvalue weighted by molar-refractivity contribution is 7.60. The van der Waals surface area contributed by atoms with Crippen LogP contribution in [0.3, 0.4) is 0 Å². The van der Waals surface area contributed by atoms with E-state index < -0.39 is 0 Å². The molecule has 3 saturated carbocycles. The average Bonchev–Trinajstić information content (AvgIpc) is 2.57. The first-order valence-electron chi connectivity index (χ1n) is 11.0.